The van der Waals surface area contributed by atoms with Crippen molar-refractivity contribution < 1.29 is 9.47 Å². The van der Waals surface area contributed by atoms with E-state index in [4.69, 9.17) is 9.47 Å². The molecule has 2 nitrogen and oxygen atoms in total. The first-order valence-electron chi connectivity index (χ1n) is 6.78. The van der Waals surface area contributed by atoms with Crippen molar-refractivity contribution in [2.45, 2.75) is 0 Å². The first-order chi connectivity index (χ1) is 11.1. The van der Waals surface area contributed by atoms with Gasteiger partial charge >= 0.3 is 0 Å². The van der Waals surface area contributed by atoms with Crippen LogP contribution in [0.2, 0.25) is 0 Å². The molecule has 5 heteroatoms. The van der Waals surface area contributed by atoms with Gasteiger partial charge in [0.1, 0.15) is 27.5 Å². The summed E-state index contributed by atoms with van der Waals surface area (Å²) in [6.07, 6.45) is 0. The van der Waals surface area contributed by atoms with Gasteiger partial charge in [0, 0.05) is 0 Å². The van der Waals surface area contributed by atoms with Crippen molar-refractivity contribution in [2.24, 2.45) is 0 Å². The van der Waals surface area contributed by atoms with Crippen LogP contribution in [0.1, 0.15) is 0 Å². The van der Waals surface area contributed by atoms with Crippen molar-refractivity contribution in [3.05, 3.63) is 80.1 Å². The van der Waals surface area contributed by atoms with E-state index in [-0.39, 0.29) is 0 Å². The number of rotatable bonds is 4. The smallest absolute Gasteiger partial charge is 0.145 e. The average molecular weight is 499 g/mol. The van der Waals surface area contributed by atoms with Gasteiger partial charge in [0.15, 0.2) is 0 Å². The van der Waals surface area contributed by atoms with Crippen molar-refractivity contribution in [3.63, 3.8) is 0 Å². The number of hydrogen-bond donors (Lipinski definition) is 0. The molecule has 0 bridgehead atoms. The van der Waals surface area contributed by atoms with Gasteiger partial charge in [0.05, 0.1) is 8.95 Å². The summed E-state index contributed by atoms with van der Waals surface area (Å²) in [5.74, 6) is 2.85. The van der Waals surface area contributed by atoms with Crippen LogP contribution in [0.25, 0.3) is 0 Å². The zero-order chi connectivity index (χ0) is 16.2. The van der Waals surface area contributed by atoms with Gasteiger partial charge in [-0.15, -0.1) is 0 Å². The maximum atomic E-state index is 5.96. The summed E-state index contributed by atoms with van der Waals surface area (Å²) in [5, 5.41) is 0. The standard InChI is InChI=1S/C18H11Br3O2/c19-12-6-1-3-8-14(12)22-16-10-5-11-17(18(16)21)23-15-9-4-2-7-13(15)20/h1-11H. The van der Waals surface area contributed by atoms with E-state index in [9.17, 15) is 0 Å². The van der Waals surface area contributed by atoms with Crippen LogP contribution in [0.3, 0.4) is 0 Å². The normalized spacial score (nSPS) is 10.4. The minimum Gasteiger partial charge on any atom is -0.455 e. The first-order valence-corrected chi connectivity index (χ1v) is 9.16. The van der Waals surface area contributed by atoms with Crippen LogP contribution in [-0.2, 0) is 0 Å². The van der Waals surface area contributed by atoms with Crippen molar-refractivity contribution in [1.82, 2.24) is 0 Å². The molecule has 0 heterocycles. The molecule has 0 unspecified atom stereocenters. The lowest BCUT2D eigenvalue weighted by Crippen LogP contribution is -1.90. The molecule has 0 N–H and O–H groups in total. The van der Waals surface area contributed by atoms with Gasteiger partial charge in [-0.1, -0.05) is 30.3 Å². The molecule has 3 aromatic rings. The van der Waals surface area contributed by atoms with Gasteiger partial charge < -0.3 is 9.47 Å². The predicted molar refractivity (Wildman–Crippen MR) is 103 cm³/mol. The number of hydrogen-bond acceptors (Lipinski definition) is 2. The van der Waals surface area contributed by atoms with Crippen LogP contribution in [0.15, 0.2) is 80.1 Å². The largest absolute Gasteiger partial charge is 0.455 e. The quantitative estimate of drug-likeness (QED) is 0.369. The molecule has 3 rings (SSSR count). The van der Waals surface area contributed by atoms with Gasteiger partial charge in [-0.05, 0) is 84.2 Å². The van der Waals surface area contributed by atoms with E-state index in [0.717, 1.165) is 24.9 Å². The molecule has 0 spiro atoms. The predicted octanol–water partition coefficient (Wildman–Crippen LogP) is 7.56. The molecule has 0 saturated heterocycles. The molecular weight excluding hydrogens is 488 g/mol. The lowest BCUT2D eigenvalue weighted by atomic mass is 10.3. The van der Waals surface area contributed by atoms with Crippen molar-refractivity contribution in [2.75, 3.05) is 0 Å². The molecule has 0 aliphatic carbocycles. The number of para-hydroxylation sites is 2. The number of benzene rings is 3. The van der Waals surface area contributed by atoms with E-state index in [1.165, 1.54) is 0 Å². The molecule has 0 amide bonds. The molecule has 0 atom stereocenters. The van der Waals surface area contributed by atoms with E-state index in [1.54, 1.807) is 0 Å². The van der Waals surface area contributed by atoms with Crippen molar-refractivity contribution >= 4 is 47.8 Å². The first kappa shape index (κ1) is 16.6. The van der Waals surface area contributed by atoms with Gasteiger partial charge in [-0.3, -0.25) is 0 Å². The summed E-state index contributed by atoms with van der Waals surface area (Å²) >= 11 is 10.5. The second-order valence-corrected chi connectivity index (χ2v) is 7.13. The Kier molecular flexibility index (Phi) is 5.41. The maximum Gasteiger partial charge on any atom is 0.145 e. The third kappa shape index (κ3) is 3.97. The molecule has 3 aromatic carbocycles. The molecular formula is C18H11Br3O2. The van der Waals surface area contributed by atoms with Gasteiger partial charge in [-0.2, -0.15) is 0 Å². The van der Waals surface area contributed by atoms with E-state index < -0.39 is 0 Å². The van der Waals surface area contributed by atoms with E-state index in [1.807, 2.05) is 66.7 Å². The number of ether oxygens (including phenoxy) is 2. The average Bonchev–Trinajstić information content (AvgIpc) is 2.55. The molecule has 116 valence electrons. The van der Waals surface area contributed by atoms with Crippen LogP contribution in [-0.4, -0.2) is 0 Å². The summed E-state index contributed by atoms with van der Waals surface area (Å²) in [5.41, 5.74) is 0. The summed E-state index contributed by atoms with van der Waals surface area (Å²) in [7, 11) is 0. The second kappa shape index (κ2) is 7.51. The summed E-state index contributed by atoms with van der Waals surface area (Å²) in [6.45, 7) is 0. The zero-order valence-electron chi connectivity index (χ0n) is 11.8. The van der Waals surface area contributed by atoms with Gasteiger partial charge in [0.25, 0.3) is 0 Å². The lowest BCUT2D eigenvalue weighted by Gasteiger charge is -2.13. The highest BCUT2D eigenvalue weighted by atomic mass is 79.9. The highest BCUT2D eigenvalue weighted by molar-refractivity contribution is 9.11. The van der Waals surface area contributed by atoms with Gasteiger partial charge in [-0.25, -0.2) is 0 Å². The zero-order valence-corrected chi connectivity index (χ0v) is 16.6. The SMILES string of the molecule is Brc1ccccc1Oc1cccc(Oc2ccccc2Br)c1Br. The molecule has 0 saturated carbocycles. The van der Waals surface area contributed by atoms with Crippen LogP contribution in [0.4, 0.5) is 0 Å². The molecule has 0 radical (unpaired) electrons. The van der Waals surface area contributed by atoms with E-state index in [2.05, 4.69) is 47.8 Å². The van der Waals surface area contributed by atoms with Crippen molar-refractivity contribution in [1.29, 1.82) is 0 Å². The molecule has 23 heavy (non-hydrogen) atoms. The minimum atomic E-state index is 0.682. The Morgan fingerprint density at radius 2 is 0.870 bits per heavy atom. The molecule has 0 aliphatic rings. The third-order valence-corrected chi connectivity index (χ3v) is 5.13. The van der Waals surface area contributed by atoms with Gasteiger partial charge in [0.2, 0.25) is 0 Å². The lowest BCUT2D eigenvalue weighted by molar-refractivity contribution is 0.452. The Labute approximate surface area is 159 Å². The highest BCUT2D eigenvalue weighted by Gasteiger charge is 2.12. The fraction of sp³-hybridized carbons (Fsp3) is 0. The Morgan fingerprint density at radius 3 is 1.30 bits per heavy atom. The summed E-state index contributed by atoms with van der Waals surface area (Å²) in [6, 6.07) is 21.1. The Morgan fingerprint density at radius 1 is 0.478 bits per heavy atom. The monoisotopic (exact) mass is 496 g/mol. The third-order valence-electron chi connectivity index (χ3n) is 3.04. The van der Waals surface area contributed by atoms with Crippen LogP contribution in [0.5, 0.6) is 23.0 Å². The minimum absolute atomic E-state index is 0.682. The fourth-order valence-corrected chi connectivity index (χ4v) is 3.10. The number of halogens is 3. The van der Waals surface area contributed by atoms with E-state index >= 15 is 0 Å². The Hall–Kier alpha value is -1.30. The molecule has 0 aromatic heterocycles. The van der Waals surface area contributed by atoms with Crippen LogP contribution in [0, 0.1) is 0 Å². The summed E-state index contributed by atoms with van der Waals surface area (Å²) in [4.78, 5) is 0. The topological polar surface area (TPSA) is 18.5 Å². The second-order valence-electron chi connectivity index (χ2n) is 4.63. The van der Waals surface area contributed by atoms with Crippen LogP contribution < -0.4 is 9.47 Å². The summed E-state index contributed by atoms with van der Waals surface area (Å²) < 4.78 is 14.5. The van der Waals surface area contributed by atoms with E-state index in [0.29, 0.717) is 11.5 Å². The fourth-order valence-electron chi connectivity index (χ4n) is 1.94. The Bertz CT molecular complexity index is 768. The molecule has 0 fully saturated rings. The highest BCUT2D eigenvalue weighted by Crippen LogP contribution is 2.41. The maximum absolute atomic E-state index is 5.96. The Balaban J connectivity index is 1.90. The van der Waals surface area contributed by atoms with Crippen LogP contribution >= 0.6 is 47.8 Å². The molecule has 0 aliphatic heterocycles. The van der Waals surface area contributed by atoms with Crippen molar-refractivity contribution in [3.8, 4) is 23.0 Å².